The number of hydrogen-bond acceptors (Lipinski definition) is 4. The summed E-state index contributed by atoms with van der Waals surface area (Å²) in [5, 5.41) is 20.7. The lowest BCUT2D eigenvalue weighted by molar-refractivity contribution is -0.139. The molecular weight excluding hydrogens is 510 g/mol. The Labute approximate surface area is 224 Å². The van der Waals surface area contributed by atoms with Gasteiger partial charge in [0.15, 0.2) is 0 Å². The number of nitrogens with one attached hydrogen (secondary N) is 1. The summed E-state index contributed by atoms with van der Waals surface area (Å²) < 4.78 is 62.2. The van der Waals surface area contributed by atoms with E-state index < -0.39 is 28.8 Å². The maximum Gasteiger partial charge on any atom is 0.419 e. The molecule has 206 valence electrons. The molecule has 9 heteroatoms. The lowest BCUT2D eigenvalue weighted by Gasteiger charge is -2.51. The minimum Gasteiger partial charge on any atom is -0.496 e. The van der Waals surface area contributed by atoms with E-state index in [0.717, 1.165) is 17.0 Å². The molecule has 2 atom stereocenters. The summed E-state index contributed by atoms with van der Waals surface area (Å²) >= 11 is 0. The van der Waals surface area contributed by atoms with Crippen LogP contribution in [0.25, 0.3) is 16.6 Å². The fourth-order valence-corrected chi connectivity index (χ4v) is 5.96. The van der Waals surface area contributed by atoms with Gasteiger partial charge in [-0.05, 0) is 71.8 Å². The van der Waals surface area contributed by atoms with Crippen molar-refractivity contribution in [3.8, 4) is 11.4 Å². The van der Waals surface area contributed by atoms with Crippen molar-refractivity contribution in [3.05, 3.63) is 83.3 Å². The number of rotatable bonds is 5. The molecule has 1 aromatic heterocycles. The fraction of sp³-hybridized carbons (Fsp3) is 0.367. The van der Waals surface area contributed by atoms with Gasteiger partial charge in [0.2, 0.25) is 0 Å². The molecule has 0 amide bonds. The third-order valence-corrected chi connectivity index (χ3v) is 7.86. The van der Waals surface area contributed by atoms with E-state index in [0.29, 0.717) is 22.5 Å². The zero-order valence-electron chi connectivity index (χ0n) is 22.4. The van der Waals surface area contributed by atoms with Crippen LogP contribution in [0.15, 0.2) is 60.8 Å². The van der Waals surface area contributed by atoms with Crippen molar-refractivity contribution in [2.24, 2.45) is 5.92 Å². The van der Waals surface area contributed by atoms with E-state index in [1.165, 1.54) is 25.3 Å². The van der Waals surface area contributed by atoms with Gasteiger partial charge in [0.25, 0.3) is 0 Å². The average molecular weight is 542 g/mol. The number of methoxy groups -OCH3 is 1. The maximum atomic E-state index is 13.9. The molecule has 3 aromatic carbocycles. The van der Waals surface area contributed by atoms with Gasteiger partial charge in [0, 0.05) is 16.6 Å². The van der Waals surface area contributed by atoms with E-state index in [2.05, 4.69) is 10.4 Å². The van der Waals surface area contributed by atoms with Crippen LogP contribution in [0.3, 0.4) is 0 Å². The van der Waals surface area contributed by atoms with E-state index in [9.17, 15) is 22.7 Å². The highest BCUT2D eigenvalue weighted by Gasteiger charge is 2.53. The first-order chi connectivity index (χ1) is 18.3. The third kappa shape index (κ3) is 4.52. The molecule has 0 fully saturated rings. The fourth-order valence-electron chi connectivity index (χ4n) is 5.96. The minimum atomic E-state index is -4.58. The largest absolute Gasteiger partial charge is 0.496 e. The summed E-state index contributed by atoms with van der Waals surface area (Å²) in [5.41, 5.74) is 0.288. The Morgan fingerprint density at radius 2 is 1.77 bits per heavy atom. The van der Waals surface area contributed by atoms with Crippen LogP contribution >= 0.6 is 0 Å². The lowest BCUT2D eigenvalue weighted by Crippen LogP contribution is -2.53. The second-order valence-corrected chi connectivity index (χ2v) is 11.2. The van der Waals surface area contributed by atoms with Gasteiger partial charge < -0.3 is 15.2 Å². The quantitative estimate of drug-likeness (QED) is 0.258. The smallest absolute Gasteiger partial charge is 0.419 e. The first-order valence-electron chi connectivity index (χ1n) is 12.8. The number of benzene rings is 3. The SMILES string of the molecule is COc1c(C(F)(F)F)ccc2c1C(C)(C)CC(O)(C(C)C)C2Nc1ccc2c(cnn2-c2ccc(F)cc2)c1. The van der Waals surface area contributed by atoms with Crippen molar-refractivity contribution in [2.75, 3.05) is 12.4 Å². The monoisotopic (exact) mass is 541 g/mol. The third-order valence-electron chi connectivity index (χ3n) is 7.86. The molecule has 0 spiro atoms. The minimum absolute atomic E-state index is 0.208. The zero-order valence-corrected chi connectivity index (χ0v) is 22.4. The molecule has 0 aliphatic heterocycles. The maximum absolute atomic E-state index is 13.9. The molecule has 2 N–H and O–H groups in total. The van der Waals surface area contributed by atoms with E-state index in [-0.39, 0.29) is 23.9 Å². The van der Waals surface area contributed by atoms with Crippen molar-refractivity contribution in [2.45, 2.75) is 57.3 Å². The molecule has 1 aliphatic rings. The van der Waals surface area contributed by atoms with Crippen LogP contribution in [-0.2, 0) is 11.6 Å². The Hall–Kier alpha value is -3.59. The first kappa shape index (κ1) is 27.0. The predicted octanol–water partition coefficient (Wildman–Crippen LogP) is 7.41. The molecule has 5 nitrogen and oxygen atoms in total. The Balaban J connectivity index is 1.61. The number of anilines is 1. The Morgan fingerprint density at radius 3 is 2.38 bits per heavy atom. The number of hydrogen-bond donors (Lipinski definition) is 2. The number of aromatic nitrogens is 2. The van der Waals surface area contributed by atoms with Gasteiger partial charge in [-0.2, -0.15) is 18.3 Å². The van der Waals surface area contributed by atoms with Gasteiger partial charge >= 0.3 is 6.18 Å². The molecule has 1 heterocycles. The van der Waals surface area contributed by atoms with Crippen LogP contribution in [0.1, 0.15) is 56.8 Å². The Morgan fingerprint density at radius 1 is 1.08 bits per heavy atom. The number of halogens is 4. The number of nitrogens with zero attached hydrogens (tertiary/aromatic N) is 2. The Kier molecular flexibility index (Phi) is 6.41. The molecule has 0 bridgehead atoms. The van der Waals surface area contributed by atoms with Crippen LogP contribution in [0.2, 0.25) is 0 Å². The second-order valence-electron chi connectivity index (χ2n) is 11.2. The molecule has 39 heavy (non-hydrogen) atoms. The molecule has 5 rings (SSSR count). The van der Waals surface area contributed by atoms with Crippen LogP contribution < -0.4 is 10.1 Å². The number of alkyl halides is 3. The van der Waals surface area contributed by atoms with Crippen LogP contribution in [-0.4, -0.2) is 27.6 Å². The molecular formula is C30H31F4N3O2. The zero-order chi connectivity index (χ0) is 28.3. The summed E-state index contributed by atoms with van der Waals surface area (Å²) in [5.74, 6) is -0.756. The molecule has 0 radical (unpaired) electrons. The standard InChI is InChI=1S/C30H31F4N3O2/c1-17(2)29(38)16-28(3,4)25-22(11-12-23(26(25)39-5)30(32,33)34)27(29)36-20-8-13-24-18(14-20)15-35-37(24)21-9-6-19(31)7-10-21/h6-15,17,27,36,38H,16H2,1-5H3. The molecule has 2 unspecified atom stereocenters. The lowest BCUT2D eigenvalue weighted by atomic mass is 9.60. The van der Waals surface area contributed by atoms with Gasteiger partial charge in [-0.1, -0.05) is 33.8 Å². The van der Waals surface area contributed by atoms with Crippen molar-refractivity contribution >= 4 is 16.6 Å². The highest BCUT2D eigenvalue weighted by atomic mass is 19.4. The summed E-state index contributed by atoms with van der Waals surface area (Å²) in [4.78, 5) is 0. The number of aliphatic hydroxyl groups is 1. The van der Waals surface area contributed by atoms with Crippen molar-refractivity contribution in [3.63, 3.8) is 0 Å². The average Bonchev–Trinajstić information content (AvgIpc) is 3.28. The first-order valence-corrected chi connectivity index (χ1v) is 12.8. The van der Waals surface area contributed by atoms with E-state index in [1.807, 2.05) is 45.9 Å². The summed E-state index contributed by atoms with van der Waals surface area (Å²) in [7, 11) is 1.25. The van der Waals surface area contributed by atoms with E-state index in [1.54, 1.807) is 23.0 Å². The second kappa shape index (κ2) is 9.26. The van der Waals surface area contributed by atoms with Crippen molar-refractivity contribution in [1.29, 1.82) is 0 Å². The highest BCUT2D eigenvalue weighted by molar-refractivity contribution is 5.84. The topological polar surface area (TPSA) is 59.3 Å². The van der Waals surface area contributed by atoms with Gasteiger partial charge in [-0.15, -0.1) is 0 Å². The summed E-state index contributed by atoms with van der Waals surface area (Å²) in [6.07, 6.45) is -2.67. The normalized spacial score (nSPS) is 20.7. The van der Waals surface area contributed by atoms with E-state index >= 15 is 0 Å². The van der Waals surface area contributed by atoms with Crippen LogP contribution in [0.4, 0.5) is 23.2 Å². The number of fused-ring (bicyclic) bond motifs is 2. The Bertz CT molecular complexity index is 1530. The van der Waals surface area contributed by atoms with Gasteiger partial charge in [0.1, 0.15) is 11.6 Å². The summed E-state index contributed by atoms with van der Waals surface area (Å²) in [6, 6.07) is 13.4. The molecule has 0 saturated heterocycles. The van der Waals surface area contributed by atoms with Crippen molar-refractivity contribution < 1.29 is 27.4 Å². The van der Waals surface area contributed by atoms with Gasteiger partial charge in [-0.3, -0.25) is 0 Å². The van der Waals surface area contributed by atoms with Gasteiger partial charge in [-0.25, -0.2) is 9.07 Å². The molecule has 0 saturated carbocycles. The van der Waals surface area contributed by atoms with Gasteiger partial charge in [0.05, 0.1) is 41.7 Å². The molecule has 1 aliphatic carbocycles. The summed E-state index contributed by atoms with van der Waals surface area (Å²) in [6.45, 7) is 7.50. The van der Waals surface area contributed by atoms with Crippen molar-refractivity contribution in [1.82, 2.24) is 9.78 Å². The highest BCUT2D eigenvalue weighted by Crippen LogP contribution is 2.55. The number of ether oxygens (including phenoxy) is 1. The van der Waals surface area contributed by atoms with Crippen LogP contribution in [0, 0.1) is 11.7 Å². The molecule has 4 aromatic rings. The predicted molar refractivity (Wildman–Crippen MR) is 143 cm³/mol. The van der Waals surface area contributed by atoms with E-state index in [4.69, 9.17) is 4.74 Å². The van der Waals surface area contributed by atoms with Crippen LogP contribution in [0.5, 0.6) is 5.75 Å².